The molecule has 0 bridgehead atoms. The van der Waals surface area contributed by atoms with Gasteiger partial charge in [0.05, 0.1) is 12.7 Å². The van der Waals surface area contributed by atoms with E-state index in [0.29, 0.717) is 18.7 Å². The van der Waals surface area contributed by atoms with Crippen LogP contribution in [0.3, 0.4) is 0 Å². The minimum absolute atomic E-state index is 0.0401. The molecule has 1 aromatic carbocycles. The Labute approximate surface area is 132 Å². The standard InChI is InChI=1S/C17H26N2O3/c1-22-13-14-5-2-3-6-16(14)17(21)18-9-4-10-19-11-7-15(20)8-12-19/h2-3,5-6,15,20H,4,7-13H2,1H3,(H,18,21). The number of methoxy groups -OCH3 is 1. The molecular weight excluding hydrogens is 280 g/mol. The molecule has 0 aliphatic carbocycles. The van der Waals surface area contributed by atoms with Crippen molar-refractivity contribution in [2.24, 2.45) is 0 Å². The number of piperidine rings is 1. The first-order chi connectivity index (χ1) is 10.7. The Morgan fingerprint density at radius 1 is 1.36 bits per heavy atom. The first-order valence-corrected chi connectivity index (χ1v) is 7.96. The van der Waals surface area contributed by atoms with E-state index in [9.17, 15) is 9.90 Å². The molecule has 0 spiro atoms. The van der Waals surface area contributed by atoms with Crippen LogP contribution < -0.4 is 5.32 Å². The topological polar surface area (TPSA) is 61.8 Å². The van der Waals surface area contributed by atoms with E-state index in [1.165, 1.54) is 0 Å². The van der Waals surface area contributed by atoms with Crippen LogP contribution in [0.15, 0.2) is 24.3 Å². The summed E-state index contributed by atoms with van der Waals surface area (Å²) in [6, 6.07) is 7.52. The normalized spacial score (nSPS) is 16.6. The van der Waals surface area contributed by atoms with E-state index in [4.69, 9.17) is 4.74 Å². The van der Waals surface area contributed by atoms with Crippen LogP contribution in [0.25, 0.3) is 0 Å². The van der Waals surface area contributed by atoms with Crippen molar-refractivity contribution in [1.82, 2.24) is 10.2 Å². The quantitative estimate of drug-likeness (QED) is 0.748. The predicted octanol–water partition coefficient (Wildman–Crippen LogP) is 1.41. The molecule has 1 saturated heterocycles. The van der Waals surface area contributed by atoms with Crippen LogP contribution in [0.5, 0.6) is 0 Å². The van der Waals surface area contributed by atoms with Gasteiger partial charge in [0.15, 0.2) is 0 Å². The third-order valence-electron chi connectivity index (χ3n) is 4.06. The van der Waals surface area contributed by atoms with E-state index in [2.05, 4.69) is 10.2 Å². The van der Waals surface area contributed by atoms with Crippen LogP contribution >= 0.6 is 0 Å². The summed E-state index contributed by atoms with van der Waals surface area (Å²) in [5.41, 5.74) is 1.60. The van der Waals surface area contributed by atoms with E-state index in [1.807, 2.05) is 24.3 Å². The zero-order valence-corrected chi connectivity index (χ0v) is 13.3. The van der Waals surface area contributed by atoms with Gasteiger partial charge in [-0.05, 0) is 37.4 Å². The summed E-state index contributed by atoms with van der Waals surface area (Å²) in [5, 5.41) is 12.4. The summed E-state index contributed by atoms with van der Waals surface area (Å²) in [6.45, 7) is 3.98. The predicted molar refractivity (Wildman–Crippen MR) is 85.8 cm³/mol. The lowest BCUT2D eigenvalue weighted by Gasteiger charge is -2.29. The fourth-order valence-corrected chi connectivity index (χ4v) is 2.77. The number of carbonyl (C=O) groups is 1. The van der Waals surface area contributed by atoms with E-state index in [-0.39, 0.29) is 12.0 Å². The van der Waals surface area contributed by atoms with Crippen molar-refractivity contribution in [3.63, 3.8) is 0 Å². The van der Waals surface area contributed by atoms with Crippen LogP contribution in [0.4, 0.5) is 0 Å². The highest BCUT2D eigenvalue weighted by Gasteiger charge is 2.16. The van der Waals surface area contributed by atoms with Crippen molar-refractivity contribution in [2.75, 3.05) is 33.3 Å². The maximum atomic E-state index is 12.2. The molecule has 2 rings (SSSR count). The zero-order chi connectivity index (χ0) is 15.8. The molecule has 1 aromatic rings. The largest absolute Gasteiger partial charge is 0.393 e. The Kier molecular flexibility index (Phi) is 6.83. The van der Waals surface area contributed by atoms with Crippen LogP contribution in [0, 0.1) is 0 Å². The molecule has 5 heteroatoms. The van der Waals surface area contributed by atoms with Gasteiger partial charge in [-0.1, -0.05) is 18.2 Å². The van der Waals surface area contributed by atoms with E-state index >= 15 is 0 Å². The lowest BCUT2D eigenvalue weighted by molar-refractivity contribution is 0.0816. The van der Waals surface area contributed by atoms with E-state index in [0.717, 1.165) is 44.5 Å². The first kappa shape index (κ1) is 16.9. The van der Waals surface area contributed by atoms with Gasteiger partial charge < -0.3 is 20.1 Å². The third-order valence-corrected chi connectivity index (χ3v) is 4.06. The summed E-state index contributed by atoms with van der Waals surface area (Å²) in [6.07, 6.45) is 2.51. The van der Waals surface area contributed by atoms with Crippen LogP contribution in [0.2, 0.25) is 0 Å². The van der Waals surface area contributed by atoms with Gasteiger partial charge in [0.25, 0.3) is 5.91 Å². The fraction of sp³-hybridized carbons (Fsp3) is 0.588. The molecule has 2 N–H and O–H groups in total. The highest BCUT2D eigenvalue weighted by atomic mass is 16.5. The molecule has 1 amide bonds. The number of aliphatic hydroxyl groups is 1. The number of hydrogen-bond donors (Lipinski definition) is 2. The number of aliphatic hydroxyl groups excluding tert-OH is 1. The van der Waals surface area contributed by atoms with Gasteiger partial charge in [0, 0.05) is 32.3 Å². The summed E-state index contributed by atoms with van der Waals surface area (Å²) < 4.78 is 5.13. The number of benzene rings is 1. The second-order valence-electron chi connectivity index (χ2n) is 5.77. The molecule has 0 aromatic heterocycles. The number of nitrogens with zero attached hydrogens (tertiary/aromatic N) is 1. The van der Waals surface area contributed by atoms with Gasteiger partial charge in [-0.3, -0.25) is 4.79 Å². The van der Waals surface area contributed by atoms with Crippen molar-refractivity contribution in [2.45, 2.75) is 32.0 Å². The van der Waals surface area contributed by atoms with Crippen molar-refractivity contribution in [1.29, 1.82) is 0 Å². The molecule has 122 valence electrons. The lowest BCUT2D eigenvalue weighted by Crippen LogP contribution is -2.37. The summed E-state index contributed by atoms with van der Waals surface area (Å²) >= 11 is 0. The highest BCUT2D eigenvalue weighted by molar-refractivity contribution is 5.95. The number of carbonyl (C=O) groups excluding carboxylic acids is 1. The van der Waals surface area contributed by atoms with Crippen LogP contribution in [-0.4, -0.2) is 55.3 Å². The molecule has 1 aliphatic heterocycles. The van der Waals surface area contributed by atoms with E-state index < -0.39 is 0 Å². The maximum absolute atomic E-state index is 12.2. The fourth-order valence-electron chi connectivity index (χ4n) is 2.77. The average molecular weight is 306 g/mol. The third kappa shape index (κ3) is 5.09. The first-order valence-electron chi connectivity index (χ1n) is 7.96. The Morgan fingerprint density at radius 2 is 2.09 bits per heavy atom. The van der Waals surface area contributed by atoms with Gasteiger partial charge in [0.2, 0.25) is 0 Å². The molecule has 0 saturated carbocycles. The Balaban J connectivity index is 1.72. The van der Waals surface area contributed by atoms with Gasteiger partial charge in [-0.25, -0.2) is 0 Å². The highest BCUT2D eigenvalue weighted by Crippen LogP contribution is 2.11. The lowest BCUT2D eigenvalue weighted by atomic mass is 10.1. The Bertz CT molecular complexity index is 471. The number of ether oxygens (including phenoxy) is 1. The van der Waals surface area contributed by atoms with Gasteiger partial charge in [-0.2, -0.15) is 0 Å². The monoisotopic (exact) mass is 306 g/mol. The Hall–Kier alpha value is -1.43. The SMILES string of the molecule is COCc1ccccc1C(=O)NCCCN1CCC(O)CC1. The molecule has 5 nitrogen and oxygen atoms in total. The number of rotatable bonds is 7. The molecule has 1 fully saturated rings. The number of nitrogens with one attached hydrogen (secondary N) is 1. The van der Waals surface area contributed by atoms with Gasteiger partial charge in [0.1, 0.15) is 0 Å². The Morgan fingerprint density at radius 3 is 2.82 bits per heavy atom. The number of likely N-dealkylation sites (tertiary alicyclic amines) is 1. The summed E-state index contributed by atoms with van der Waals surface area (Å²) in [7, 11) is 1.63. The minimum Gasteiger partial charge on any atom is -0.393 e. The maximum Gasteiger partial charge on any atom is 0.251 e. The summed E-state index contributed by atoms with van der Waals surface area (Å²) in [5.74, 6) is -0.0401. The average Bonchev–Trinajstić information content (AvgIpc) is 2.54. The molecule has 0 unspecified atom stereocenters. The molecular formula is C17H26N2O3. The van der Waals surface area contributed by atoms with E-state index in [1.54, 1.807) is 7.11 Å². The molecule has 1 heterocycles. The smallest absolute Gasteiger partial charge is 0.251 e. The second kappa shape index (κ2) is 8.88. The van der Waals surface area contributed by atoms with Crippen molar-refractivity contribution in [3.05, 3.63) is 35.4 Å². The number of amides is 1. The minimum atomic E-state index is -0.131. The molecule has 22 heavy (non-hydrogen) atoms. The zero-order valence-electron chi connectivity index (χ0n) is 13.3. The second-order valence-corrected chi connectivity index (χ2v) is 5.77. The van der Waals surface area contributed by atoms with Crippen molar-refractivity contribution >= 4 is 5.91 Å². The van der Waals surface area contributed by atoms with Crippen molar-refractivity contribution < 1.29 is 14.6 Å². The van der Waals surface area contributed by atoms with Gasteiger partial charge >= 0.3 is 0 Å². The summed E-state index contributed by atoms with van der Waals surface area (Å²) in [4.78, 5) is 14.6. The number of hydrogen-bond acceptors (Lipinski definition) is 4. The van der Waals surface area contributed by atoms with Crippen molar-refractivity contribution in [3.8, 4) is 0 Å². The van der Waals surface area contributed by atoms with Crippen LogP contribution in [-0.2, 0) is 11.3 Å². The molecule has 0 atom stereocenters. The van der Waals surface area contributed by atoms with Gasteiger partial charge in [-0.15, -0.1) is 0 Å². The van der Waals surface area contributed by atoms with Crippen LogP contribution in [0.1, 0.15) is 35.2 Å². The molecule has 0 radical (unpaired) electrons. The molecule has 1 aliphatic rings.